The van der Waals surface area contributed by atoms with Crippen LogP contribution in [0, 0.1) is 0 Å². The molecule has 0 saturated heterocycles. The molecule has 1 aromatic rings. The van der Waals surface area contributed by atoms with Gasteiger partial charge in [-0.3, -0.25) is 4.79 Å². The molecule has 5 heteroatoms. The first-order valence-electron chi connectivity index (χ1n) is 5.59. The molecule has 0 aromatic heterocycles. The number of hydrogen-bond donors (Lipinski definition) is 1. The molecular formula is C13H18O5. The second-order valence-corrected chi connectivity index (χ2v) is 3.74. The molecule has 0 amide bonds. The Labute approximate surface area is 106 Å². The molecule has 1 N–H and O–H groups in total. The van der Waals surface area contributed by atoms with Crippen LogP contribution in [-0.4, -0.2) is 32.4 Å². The zero-order valence-electron chi connectivity index (χ0n) is 10.8. The van der Waals surface area contributed by atoms with Crippen molar-refractivity contribution in [2.75, 3.05) is 21.3 Å². The topological polar surface area (TPSA) is 65.0 Å². The minimum atomic E-state index is -0.773. The van der Waals surface area contributed by atoms with Crippen molar-refractivity contribution in [1.82, 2.24) is 0 Å². The lowest BCUT2D eigenvalue weighted by molar-refractivity contribution is -0.141. The zero-order chi connectivity index (χ0) is 13.5. The largest absolute Gasteiger partial charge is 0.497 e. The van der Waals surface area contributed by atoms with Gasteiger partial charge >= 0.3 is 5.97 Å². The molecule has 1 unspecified atom stereocenters. The van der Waals surface area contributed by atoms with Gasteiger partial charge in [-0.25, -0.2) is 0 Å². The molecule has 0 spiro atoms. The maximum atomic E-state index is 11.0. The smallest absolute Gasteiger partial charge is 0.305 e. The lowest BCUT2D eigenvalue weighted by atomic mass is 10.0. The number of esters is 1. The third kappa shape index (κ3) is 3.63. The Morgan fingerprint density at radius 3 is 2.56 bits per heavy atom. The average molecular weight is 254 g/mol. The van der Waals surface area contributed by atoms with Crippen molar-refractivity contribution in [3.05, 3.63) is 23.8 Å². The number of methoxy groups -OCH3 is 3. The van der Waals surface area contributed by atoms with Crippen molar-refractivity contribution in [2.24, 2.45) is 0 Å². The summed E-state index contributed by atoms with van der Waals surface area (Å²) in [5, 5.41) is 10.0. The van der Waals surface area contributed by atoms with Crippen LogP contribution >= 0.6 is 0 Å². The number of ether oxygens (including phenoxy) is 3. The van der Waals surface area contributed by atoms with Gasteiger partial charge in [-0.1, -0.05) is 0 Å². The number of hydrogen-bond acceptors (Lipinski definition) is 5. The quantitative estimate of drug-likeness (QED) is 0.782. The van der Waals surface area contributed by atoms with Crippen molar-refractivity contribution in [1.29, 1.82) is 0 Å². The van der Waals surface area contributed by atoms with Crippen molar-refractivity contribution in [3.63, 3.8) is 0 Å². The highest BCUT2D eigenvalue weighted by Gasteiger charge is 2.15. The second-order valence-electron chi connectivity index (χ2n) is 3.74. The minimum absolute atomic E-state index is 0.160. The summed E-state index contributed by atoms with van der Waals surface area (Å²) in [6.45, 7) is 0. The Morgan fingerprint density at radius 2 is 2.00 bits per heavy atom. The fraction of sp³-hybridized carbons (Fsp3) is 0.462. The summed E-state index contributed by atoms with van der Waals surface area (Å²) in [5.41, 5.74) is 0.627. The molecule has 5 nitrogen and oxygen atoms in total. The lowest BCUT2D eigenvalue weighted by Crippen LogP contribution is -2.06. The summed E-state index contributed by atoms with van der Waals surface area (Å²) in [6.07, 6.45) is -0.327. The summed E-state index contributed by atoms with van der Waals surface area (Å²) in [7, 11) is 4.40. The average Bonchev–Trinajstić information content (AvgIpc) is 2.43. The van der Waals surface area contributed by atoms with Crippen LogP contribution in [0.2, 0.25) is 0 Å². The number of rotatable bonds is 6. The van der Waals surface area contributed by atoms with E-state index in [1.165, 1.54) is 14.2 Å². The molecule has 0 saturated carbocycles. The van der Waals surface area contributed by atoms with E-state index in [0.717, 1.165) is 0 Å². The minimum Gasteiger partial charge on any atom is -0.497 e. The Bertz CT molecular complexity index is 402. The first-order valence-corrected chi connectivity index (χ1v) is 5.59. The Balaban J connectivity index is 2.78. The normalized spacial score (nSPS) is 11.8. The molecule has 0 aliphatic rings. The van der Waals surface area contributed by atoms with Crippen LogP contribution in [0.1, 0.15) is 24.5 Å². The van der Waals surface area contributed by atoms with Gasteiger partial charge in [0.1, 0.15) is 11.5 Å². The highest BCUT2D eigenvalue weighted by molar-refractivity contribution is 5.69. The standard InChI is InChI=1S/C13H18O5/c1-16-9-4-5-10(12(8-9)17-2)11(14)6-7-13(15)18-3/h4-5,8,11,14H,6-7H2,1-3H3. The molecule has 0 aliphatic heterocycles. The number of benzene rings is 1. The van der Waals surface area contributed by atoms with E-state index in [0.29, 0.717) is 17.1 Å². The maximum Gasteiger partial charge on any atom is 0.305 e. The fourth-order valence-electron chi connectivity index (χ4n) is 1.61. The molecule has 1 atom stereocenters. The number of aliphatic hydroxyl groups is 1. The first kappa shape index (κ1) is 14.3. The lowest BCUT2D eigenvalue weighted by Gasteiger charge is -2.15. The van der Waals surface area contributed by atoms with Crippen LogP contribution in [0.3, 0.4) is 0 Å². The van der Waals surface area contributed by atoms with Crippen molar-refractivity contribution in [3.8, 4) is 11.5 Å². The predicted octanol–water partition coefficient (Wildman–Crippen LogP) is 1.69. The van der Waals surface area contributed by atoms with Crippen molar-refractivity contribution < 1.29 is 24.1 Å². The first-order chi connectivity index (χ1) is 8.62. The summed E-state index contributed by atoms with van der Waals surface area (Å²) in [5.74, 6) is 0.837. The van der Waals surface area contributed by atoms with Gasteiger partial charge in [-0.2, -0.15) is 0 Å². The van der Waals surface area contributed by atoms with Crippen LogP contribution < -0.4 is 9.47 Å². The van der Waals surface area contributed by atoms with Gasteiger partial charge in [0.2, 0.25) is 0 Å². The zero-order valence-corrected chi connectivity index (χ0v) is 10.8. The molecule has 0 radical (unpaired) electrons. The van der Waals surface area contributed by atoms with Gasteiger partial charge in [-0.05, 0) is 18.6 Å². The Kier molecular flexibility index (Phi) is 5.45. The summed E-state index contributed by atoms with van der Waals surface area (Å²) < 4.78 is 14.8. The maximum absolute atomic E-state index is 11.0. The van der Waals surface area contributed by atoms with Gasteiger partial charge < -0.3 is 19.3 Å². The van der Waals surface area contributed by atoms with Crippen LogP contribution in [-0.2, 0) is 9.53 Å². The van der Waals surface area contributed by atoms with Crippen LogP contribution in [0.4, 0.5) is 0 Å². The van der Waals surface area contributed by atoms with Gasteiger partial charge in [0.05, 0.1) is 27.4 Å². The molecular weight excluding hydrogens is 236 g/mol. The molecule has 1 rings (SSSR count). The van der Waals surface area contributed by atoms with E-state index in [4.69, 9.17) is 9.47 Å². The monoisotopic (exact) mass is 254 g/mol. The summed E-state index contributed by atoms with van der Waals surface area (Å²) in [6, 6.07) is 5.15. The summed E-state index contributed by atoms with van der Waals surface area (Å²) >= 11 is 0. The third-order valence-electron chi connectivity index (χ3n) is 2.65. The van der Waals surface area contributed by atoms with E-state index < -0.39 is 6.10 Å². The van der Waals surface area contributed by atoms with Crippen LogP contribution in [0.15, 0.2) is 18.2 Å². The van der Waals surface area contributed by atoms with Gasteiger partial charge in [0, 0.05) is 18.1 Å². The van der Waals surface area contributed by atoms with E-state index in [-0.39, 0.29) is 18.8 Å². The van der Waals surface area contributed by atoms with E-state index in [1.807, 2.05) is 0 Å². The summed E-state index contributed by atoms with van der Waals surface area (Å²) in [4.78, 5) is 11.0. The molecule has 0 fully saturated rings. The van der Waals surface area contributed by atoms with Crippen molar-refractivity contribution >= 4 is 5.97 Å². The molecule has 1 aromatic carbocycles. The number of aliphatic hydroxyl groups excluding tert-OH is 1. The molecule has 0 bridgehead atoms. The van der Waals surface area contributed by atoms with Crippen molar-refractivity contribution in [2.45, 2.75) is 18.9 Å². The van der Waals surface area contributed by atoms with E-state index in [9.17, 15) is 9.90 Å². The SMILES string of the molecule is COC(=O)CCC(O)c1ccc(OC)cc1OC. The number of carbonyl (C=O) groups excluding carboxylic acids is 1. The van der Waals surface area contributed by atoms with E-state index in [2.05, 4.69) is 4.74 Å². The predicted molar refractivity (Wildman–Crippen MR) is 65.8 cm³/mol. The van der Waals surface area contributed by atoms with Gasteiger partial charge in [-0.15, -0.1) is 0 Å². The van der Waals surface area contributed by atoms with Gasteiger partial charge in [0.15, 0.2) is 0 Å². The van der Waals surface area contributed by atoms with Crippen LogP contribution in [0.25, 0.3) is 0 Å². The highest BCUT2D eigenvalue weighted by Crippen LogP contribution is 2.31. The molecule has 100 valence electrons. The highest BCUT2D eigenvalue weighted by atomic mass is 16.5. The fourth-order valence-corrected chi connectivity index (χ4v) is 1.61. The second kappa shape index (κ2) is 6.86. The number of carbonyl (C=O) groups is 1. The molecule has 0 heterocycles. The molecule has 0 aliphatic carbocycles. The van der Waals surface area contributed by atoms with Crippen LogP contribution in [0.5, 0.6) is 11.5 Å². The van der Waals surface area contributed by atoms with E-state index >= 15 is 0 Å². The Morgan fingerprint density at radius 1 is 1.28 bits per heavy atom. The Hall–Kier alpha value is -1.75. The van der Waals surface area contributed by atoms with E-state index in [1.54, 1.807) is 25.3 Å². The molecule has 18 heavy (non-hydrogen) atoms. The third-order valence-corrected chi connectivity index (χ3v) is 2.65. The van der Waals surface area contributed by atoms with Gasteiger partial charge in [0.25, 0.3) is 0 Å².